The number of allylic oxidation sites excluding steroid dienone is 3. The first-order valence-corrected chi connectivity index (χ1v) is 4.51. The van der Waals surface area contributed by atoms with Crippen LogP contribution in [0.2, 0.25) is 0 Å². The normalized spacial score (nSPS) is 16.0. The number of rotatable bonds is 1. The van der Waals surface area contributed by atoms with Crippen molar-refractivity contribution >= 4 is 17.1 Å². The summed E-state index contributed by atoms with van der Waals surface area (Å²) in [6.07, 6.45) is 2.46. The van der Waals surface area contributed by atoms with Crippen molar-refractivity contribution in [1.82, 2.24) is 0 Å². The third-order valence-corrected chi connectivity index (χ3v) is 2.20. The van der Waals surface area contributed by atoms with Crippen LogP contribution >= 0.6 is 0 Å². The van der Waals surface area contributed by atoms with Gasteiger partial charge in [0, 0.05) is 11.6 Å². The highest BCUT2D eigenvalue weighted by Gasteiger charge is 2.18. The molecule has 0 atom stereocenters. The molecular formula is C12H9NO2. The average molecular weight is 199 g/mol. The minimum atomic E-state index is -0.312. The molecule has 0 amide bonds. The molecule has 1 aromatic rings. The van der Waals surface area contributed by atoms with Crippen LogP contribution in [0, 0.1) is 0 Å². The van der Waals surface area contributed by atoms with Gasteiger partial charge in [-0.2, -0.15) is 0 Å². The Labute approximate surface area is 86.9 Å². The molecule has 0 aromatic heterocycles. The average Bonchev–Trinajstić information content (AvgIpc) is 2.25. The van der Waals surface area contributed by atoms with Crippen LogP contribution in [0.1, 0.15) is 5.56 Å². The van der Waals surface area contributed by atoms with Gasteiger partial charge >= 0.3 is 0 Å². The van der Waals surface area contributed by atoms with Gasteiger partial charge in [-0.3, -0.25) is 9.59 Å². The Balaban J connectivity index is 2.45. The molecule has 1 aliphatic rings. The Bertz CT molecular complexity index is 484. The second-order valence-electron chi connectivity index (χ2n) is 3.25. The van der Waals surface area contributed by atoms with Crippen molar-refractivity contribution in [2.75, 3.05) is 0 Å². The van der Waals surface area contributed by atoms with Gasteiger partial charge in [0.25, 0.3) is 0 Å². The van der Waals surface area contributed by atoms with Crippen LogP contribution in [0.25, 0.3) is 5.57 Å². The maximum absolute atomic E-state index is 11.6. The molecule has 3 nitrogen and oxygen atoms in total. The summed E-state index contributed by atoms with van der Waals surface area (Å²) >= 11 is 0. The van der Waals surface area contributed by atoms with E-state index in [4.69, 9.17) is 5.73 Å². The van der Waals surface area contributed by atoms with Crippen LogP contribution in [0.5, 0.6) is 0 Å². The van der Waals surface area contributed by atoms with Gasteiger partial charge in [-0.1, -0.05) is 30.3 Å². The van der Waals surface area contributed by atoms with Crippen LogP contribution in [-0.4, -0.2) is 11.6 Å². The number of hydrogen-bond acceptors (Lipinski definition) is 3. The molecule has 0 saturated carbocycles. The van der Waals surface area contributed by atoms with E-state index in [0.29, 0.717) is 5.57 Å². The van der Waals surface area contributed by atoms with Gasteiger partial charge in [-0.05, 0) is 11.6 Å². The molecule has 74 valence electrons. The molecule has 1 aliphatic carbocycles. The van der Waals surface area contributed by atoms with Crippen LogP contribution < -0.4 is 5.73 Å². The maximum Gasteiger partial charge on any atom is 0.202 e. The zero-order chi connectivity index (χ0) is 10.8. The fourth-order valence-electron chi connectivity index (χ4n) is 1.42. The predicted molar refractivity (Wildman–Crippen MR) is 56.7 cm³/mol. The topological polar surface area (TPSA) is 60.2 Å². The molecule has 1 aromatic carbocycles. The summed E-state index contributed by atoms with van der Waals surface area (Å²) in [5.41, 5.74) is 6.49. The summed E-state index contributed by atoms with van der Waals surface area (Å²) in [5.74, 6) is -0.535. The molecule has 0 heterocycles. The van der Waals surface area contributed by atoms with E-state index in [1.165, 1.54) is 12.2 Å². The summed E-state index contributed by atoms with van der Waals surface area (Å²) in [6, 6.07) is 9.05. The summed E-state index contributed by atoms with van der Waals surface area (Å²) < 4.78 is 0. The SMILES string of the molecule is NC1=CC(=O)C(c2ccccc2)=CC1=O. The highest BCUT2D eigenvalue weighted by atomic mass is 16.1. The highest BCUT2D eigenvalue weighted by molar-refractivity contribution is 6.34. The summed E-state index contributed by atoms with van der Waals surface area (Å²) in [4.78, 5) is 22.9. The number of nitrogens with two attached hydrogens (primary N) is 1. The monoisotopic (exact) mass is 199 g/mol. The molecule has 2 N–H and O–H groups in total. The highest BCUT2D eigenvalue weighted by Crippen LogP contribution is 2.19. The third kappa shape index (κ3) is 1.72. The van der Waals surface area contributed by atoms with Crippen LogP contribution in [0.15, 0.2) is 48.2 Å². The van der Waals surface area contributed by atoms with E-state index in [0.717, 1.165) is 5.56 Å². The lowest BCUT2D eigenvalue weighted by Crippen LogP contribution is -2.17. The molecular weight excluding hydrogens is 190 g/mol. The van der Waals surface area contributed by atoms with Gasteiger partial charge in [0.1, 0.15) is 0 Å². The lowest BCUT2D eigenvalue weighted by Gasteiger charge is -2.09. The first-order valence-electron chi connectivity index (χ1n) is 4.51. The molecule has 15 heavy (non-hydrogen) atoms. The number of benzene rings is 1. The summed E-state index contributed by atoms with van der Waals surface area (Å²) in [6.45, 7) is 0. The molecule has 0 spiro atoms. The number of carbonyl (C=O) groups excluding carboxylic acids is 2. The standard InChI is InChI=1S/C12H9NO2/c13-10-7-11(14)9(6-12(10)15)8-4-2-1-3-5-8/h1-7H,13H2. The molecule has 0 saturated heterocycles. The Morgan fingerprint density at radius 3 is 2.20 bits per heavy atom. The van der Waals surface area contributed by atoms with Crippen LogP contribution in [-0.2, 0) is 9.59 Å². The molecule has 2 rings (SSSR count). The molecule has 3 heteroatoms. The van der Waals surface area contributed by atoms with E-state index in [1.54, 1.807) is 12.1 Å². The van der Waals surface area contributed by atoms with Crippen molar-refractivity contribution in [3.05, 3.63) is 53.7 Å². The van der Waals surface area contributed by atoms with E-state index >= 15 is 0 Å². The van der Waals surface area contributed by atoms with Crippen molar-refractivity contribution < 1.29 is 9.59 Å². The summed E-state index contributed by atoms with van der Waals surface area (Å²) in [5, 5.41) is 0. The first-order chi connectivity index (χ1) is 7.18. The van der Waals surface area contributed by atoms with Crippen molar-refractivity contribution in [3.8, 4) is 0 Å². The van der Waals surface area contributed by atoms with Crippen molar-refractivity contribution in [3.63, 3.8) is 0 Å². The quantitative estimate of drug-likeness (QED) is 0.688. The van der Waals surface area contributed by atoms with E-state index in [-0.39, 0.29) is 17.3 Å². The van der Waals surface area contributed by atoms with Crippen molar-refractivity contribution in [2.24, 2.45) is 5.73 Å². The second kappa shape index (κ2) is 3.53. The van der Waals surface area contributed by atoms with E-state index in [1.807, 2.05) is 18.2 Å². The smallest absolute Gasteiger partial charge is 0.202 e. The fourth-order valence-corrected chi connectivity index (χ4v) is 1.42. The van der Waals surface area contributed by atoms with Crippen LogP contribution in [0.4, 0.5) is 0 Å². The molecule has 0 radical (unpaired) electrons. The lowest BCUT2D eigenvalue weighted by molar-refractivity contribution is -0.114. The Hall–Kier alpha value is -2.16. The Morgan fingerprint density at radius 2 is 1.53 bits per heavy atom. The minimum Gasteiger partial charge on any atom is -0.395 e. The van der Waals surface area contributed by atoms with Gasteiger partial charge in [0.05, 0.1) is 5.70 Å². The minimum absolute atomic E-state index is 0.000295. The molecule has 0 bridgehead atoms. The number of carbonyl (C=O) groups is 2. The molecule has 0 unspecified atom stereocenters. The predicted octanol–water partition coefficient (Wildman–Crippen LogP) is 1.06. The maximum atomic E-state index is 11.6. The third-order valence-electron chi connectivity index (χ3n) is 2.20. The van der Waals surface area contributed by atoms with E-state index < -0.39 is 0 Å². The number of hydrogen-bond donors (Lipinski definition) is 1. The largest absolute Gasteiger partial charge is 0.395 e. The van der Waals surface area contributed by atoms with Gasteiger partial charge in [0.15, 0.2) is 5.78 Å². The van der Waals surface area contributed by atoms with E-state index in [9.17, 15) is 9.59 Å². The second-order valence-corrected chi connectivity index (χ2v) is 3.25. The zero-order valence-corrected chi connectivity index (χ0v) is 7.94. The first kappa shape index (κ1) is 9.40. The zero-order valence-electron chi connectivity index (χ0n) is 7.94. The van der Waals surface area contributed by atoms with Crippen molar-refractivity contribution in [1.29, 1.82) is 0 Å². The van der Waals surface area contributed by atoms with Crippen LogP contribution in [0.3, 0.4) is 0 Å². The fraction of sp³-hybridized carbons (Fsp3) is 0. The van der Waals surface area contributed by atoms with Gasteiger partial charge in [0.2, 0.25) is 5.78 Å². The lowest BCUT2D eigenvalue weighted by atomic mass is 9.95. The van der Waals surface area contributed by atoms with E-state index in [2.05, 4.69) is 0 Å². The molecule has 0 fully saturated rings. The molecule has 0 aliphatic heterocycles. The van der Waals surface area contributed by atoms with Gasteiger partial charge < -0.3 is 5.73 Å². The Morgan fingerprint density at radius 1 is 0.867 bits per heavy atom. The summed E-state index contributed by atoms with van der Waals surface area (Å²) in [7, 11) is 0. The number of ketones is 2. The van der Waals surface area contributed by atoms with Gasteiger partial charge in [-0.25, -0.2) is 0 Å². The van der Waals surface area contributed by atoms with Gasteiger partial charge in [-0.15, -0.1) is 0 Å². The Kier molecular flexibility index (Phi) is 2.21. The van der Waals surface area contributed by atoms with Crippen molar-refractivity contribution in [2.45, 2.75) is 0 Å².